The lowest BCUT2D eigenvalue weighted by molar-refractivity contribution is -0.137. The number of hydrogen-bond donors (Lipinski definition) is 1. The first-order valence-corrected chi connectivity index (χ1v) is 4.51. The zero-order chi connectivity index (χ0) is 7.84. The minimum Gasteiger partial charge on any atom is -0.481 e. The van der Waals surface area contributed by atoms with E-state index in [2.05, 4.69) is 0 Å². The summed E-state index contributed by atoms with van der Waals surface area (Å²) in [6.45, 7) is 0. The number of carbonyl (C=O) groups is 1. The quantitative estimate of drug-likeness (QED) is 0.674. The second kappa shape index (κ2) is 2.50. The third-order valence-corrected chi connectivity index (χ3v) is 3.28. The van der Waals surface area contributed by atoms with Gasteiger partial charge >= 0.3 is 5.97 Å². The smallest absolute Gasteiger partial charge is 0.303 e. The van der Waals surface area contributed by atoms with Crippen LogP contribution in [0, 0.1) is 17.8 Å². The van der Waals surface area contributed by atoms with E-state index < -0.39 is 5.97 Å². The van der Waals surface area contributed by atoms with E-state index in [1.807, 2.05) is 0 Å². The third kappa shape index (κ3) is 1.26. The van der Waals surface area contributed by atoms with E-state index in [0.717, 1.165) is 24.2 Å². The fourth-order valence-electron chi connectivity index (χ4n) is 2.69. The molecular formula is C9H14O2. The van der Waals surface area contributed by atoms with Gasteiger partial charge in [0.15, 0.2) is 0 Å². The van der Waals surface area contributed by atoms with Gasteiger partial charge in [0.1, 0.15) is 0 Å². The molecule has 2 nitrogen and oxygen atoms in total. The molecule has 0 bridgehead atoms. The topological polar surface area (TPSA) is 37.3 Å². The van der Waals surface area contributed by atoms with Gasteiger partial charge < -0.3 is 5.11 Å². The van der Waals surface area contributed by atoms with Crippen molar-refractivity contribution in [3.63, 3.8) is 0 Å². The molecule has 2 aliphatic rings. The molecule has 2 rings (SSSR count). The van der Waals surface area contributed by atoms with Crippen LogP contribution in [-0.2, 0) is 4.79 Å². The van der Waals surface area contributed by atoms with Gasteiger partial charge in [0.2, 0.25) is 0 Å². The van der Waals surface area contributed by atoms with Crippen molar-refractivity contribution in [2.75, 3.05) is 0 Å². The average Bonchev–Trinajstić information content (AvgIpc) is 2.44. The van der Waals surface area contributed by atoms with Gasteiger partial charge in [-0.2, -0.15) is 0 Å². The number of fused-ring (bicyclic) bond motifs is 1. The first-order chi connectivity index (χ1) is 5.29. The van der Waals surface area contributed by atoms with Crippen LogP contribution in [0.3, 0.4) is 0 Å². The summed E-state index contributed by atoms with van der Waals surface area (Å²) in [7, 11) is 0. The van der Waals surface area contributed by atoms with Crippen LogP contribution >= 0.6 is 0 Å². The van der Waals surface area contributed by atoms with Crippen molar-refractivity contribution in [1.29, 1.82) is 0 Å². The van der Waals surface area contributed by atoms with Crippen LogP contribution in [0.5, 0.6) is 0 Å². The predicted molar refractivity (Wildman–Crippen MR) is 41.2 cm³/mol. The lowest BCUT2D eigenvalue weighted by Gasteiger charge is -1.98. The van der Waals surface area contributed by atoms with Crippen molar-refractivity contribution in [3.05, 3.63) is 0 Å². The summed E-state index contributed by atoms with van der Waals surface area (Å²) in [6, 6.07) is 0. The molecule has 0 heterocycles. The van der Waals surface area contributed by atoms with E-state index in [1.165, 1.54) is 19.3 Å². The first-order valence-electron chi connectivity index (χ1n) is 4.51. The fourth-order valence-corrected chi connectivity index (χ4v) is 2.69. The Hall–Kier alpha value is -0.530. The number of aliphatic carboxylic acids is 1. The van der Waals surface area contributed by atoms with Crippen LogP contribution in [-0.4, -0.2) is 11.1 Å². The van der Waals surface area contributed by atoms with Gasteiger partial charge in [-0.25, -0.2) is 0 Å². The lowest BCUT2D eigenvalue weighted by Crippen LogP contribution is -1.97. The Balaban J connectivity index is 1.71. The average molecular weight is 154 g/mol. The van der Waals surface area contributed by atoms with Gasteiger partial charge in [-0.05, 0) is 37.0 Å². The molecule has 1 unspecified atom stereocenters. The second-order valence-corrected chi connectivity index (χ2v) is 3.85. The summed E-state index contributed by atoms with van der Waals surface area (Å²) < 4.78 is 0. The monoisotopic (exact) mass is 154 g/mol. The molecule has 1 N–H and O–H groups in total. The fraction of sp³-hybridized carbons (Fsp3) is 0.889. The molecule has 0 amide bonds. The molecule has 2 saturated carbocycles. The van der Waals surface area contributed by atoms with E-state index in [-0.39, 0.29) is 0 Å². The molecule has 0 spiro atoms. The largest absolute Gasteiger partial charge is 0.481 e. The van der Waals surface area contributed by atoms with Gasteiger partial charge in [-0.1, -0.05) is 6.42 Å². The molecule has 3 atom stereocenters. The van der Waals surface area contributed by atoms with E-state index in [0.29, 0.717) is 6.42 Å². The molecule has 11 heavy (non-hydrogen) atoms. The SMILES string of the molecule is O=C(O)CCC1[C@H]2CCC[C@@H]12. The Morgan fingerprint density at radius 1 is 1.36 bits per heavy atom. The number of carboxylic acids is 1. The van der Waals surface area contributed by atoms with Gasteiger partial charge in [-0.15, -0.1) is 0 Å². The van der Waals surface area contributed by atoms with Crippen molar-refractivity contribution >= 4 is 5.97 Å². The van der Waals surface area contributed by atoms with Gasteiger partial charge in [-0.3, -0.25) is 4.79 Å². The normalized spacial score (nSPS) is 40.2. The zero-order valence-electron chi connectivity index (χ0n) is 6.62. The highest BCUT2D eigenvalue weighted by atomic mass is 16.4. The summed E-state index contributed by atoms with van der Waals surface area (Å²) in [5.41, 5.74) is 0. The van der Waals surface area contributed by atoms with E-state index >= 15 is 0 Å². The Morgan fingerprint density at radius 2 is 2.00 bits per heavy atom. The summed E-state index contributed by atoms with van der Waals surface area (Å²) >= 11 is 0. The Bertz CT molecular complexity index is 166. The molecule has 2 heteroatoms. The van der Waals surface area contributed by atoms with Gasteiger partial charge in [0.25, 0.3) is 0 Å². The second-order valence-electron chi connectivity index (χ2n) is 3.85. The van der Waals surface area contributed by atoms with Crippen LogP contribution < -0.4 is 0 Å². The van der Waals surface area contributed by atoms with Crippen molar-refractivity contribution in [1.82, 2.24) is 0 Å². The van der Waals surface area contributed by atoms with Crippen LogP contribution in [0.4, 0.5) is 0 Å². The Labute approximate surface area is 66.6 Å². The maximum Gasteiger partial charge on any atom is 0.303 e. The van der Waals surface area contributed by atoms with Crippen molar-refractivity contribution in [2.24, 2.45) is 17.8 Å². The molecular weight excluding hydrogens is 140 g/mol. The minimum atomic E-state index is -0.630. The van der Waals surface area contributed by atoms with E-state index in [4.69, 9.17) is 5.11 Å². The minimum absolute atomic E-state index is 0.387. The van der Waals surface area contributed by atoms with Crippen LogP contribution in [0.1, 0.15) is 32.1 Å². The first kappa shape index (κ1) is 7.14. The molecule has 0 saturated heterocycles. The van der Waals surface area contributed by atoms with Crippen LogP contribution in [0.2, 0.25) is 0 Å². The standard InChI is InChI=1S/C9H14O2/c10-9(11)5-4-8-6-2-1-3-7(6)8/h6-8H,1-5H2,(H,10,11)/t6-,7+,8?. The summed E-state index contributed by atoms with van der Waals surface area (Å²) in [4.78, 5) is 10.3. The molecule has 0 radical (unpaired) electrons. The molecule has 62 valence electrons. The Morgan fingerprint density at radius 3 is 2.55 bits per heavy atom. The highest BCUT2D eigenvalue weighted by Gasteiger charge is 2.51. The molecule has 0 aromatic heterocycles. The molecule has 2 aliphatic carbocycles. The maximum atomic E-state index is 10.3. The maximum absolute atomic E-state index is 10.3. The third-order valence-electron chi connectivity index (χ3n) is 3.28. The highest BCUT2D eigenvalue weighted by molar-refractivity contribution is 5.66. The molecule has 0 aromatic rings. The van der Waals surface area contributed by atoms with Crippen molar-refractivity contribution in [3.8, 4) is 0 Å². The van der Waals surface area contributed by atoms with Crippen LogP contribution in [0.15, 0.2) is 0 Å². The lowest BCUT2D eigenvalue weighted by atomic mass is 10.1. The number of hydrogen-bond acceptors (Lipinski definition) is 1. The highest BCUT2D eigenvalue weighted by Crippen LogP contribution is 2.59. The molecule has 0 aromatic carbocycles. The molecule has 0 aliphatic heterocycles. The van der Waals surface area contributed by atoms with Crippen LogP contribution in [0.25, 0.3) is 0 Å². The number of carboxylic acid groups (broad SMARTS) is 1. The number of rotatable bonds is 3. The van der Waals surface area contributed by atoms with Crippen molar-refractivity contribution in [2.45, 2.75) is 32.1 Å². The van der Waals surface area contributed by atoms with E-state index in [1.54, 1.807) is 0 Å². The summed E-state index contributed by atoms with van der Waals surface area (Å²) in [5, 5.41) is 8.45. The Kier molecular flexibility index (Phi) is 1.63. The van der Waals surface area contributed by atoms with Gasteiger partial charge in [0.05, 0.1) is 0 Å². The summed E-state index contributed by atoms with van der Waals surface area (Å²) in [6.07, 6.45) is 5.45. The van der Waals surface area contributed by atoms with Crippen molar-refractivity contribution < 1.29 is 9.90 Å². The van der Waals surface area contributed by atoms with Gasteiger partial charge in [0, 0.05) is 6.42 Å². The zero-order valence-corrected chi connectivity index (χ0v) is 6.62. The van der Waals surface area contributed by atoms with E-state index in [9.17, 15) is 4.79 Å². The predicted octanol–water partition coefficient (Wildman–Crippen LogP) is 1.90. The summed E-state index contributed by atoms with van der Waals surface area (Å²) in [5.74, 6) is 2.01. The molecule has 2 fully saturated rings.